The maximum atomic E-state index is 10.00. The molecule has 3 N–H and O–H groups in total. The minimum absolute atomic E-state index is 0.0839. The summed E-state index contributed by atoms with van der Waals surface area (Å²) in [6.45, 7) is 4.96. The maximum absolute atomic E-state index is 10.00. The highest BCUT2D eigenvalue weighted by Crippen LogP contribution is 2.23. The van der Waals surface area contributed by atoms with Gasteiger partial charge in [0.05, 0.1) is 5.92 Å². The van der Waals surface area contributed by atoms with E-state index in [9.17, 15) is 4.79 Å². The third-order valence-electron chi connectivity index (χ3n) is 1.83. The van der Waals surface area contributed by atoms with E-state index in [1.54, 1.807) is 13.8 Å². The van der Waals surface area contributed by atoms with Crippen LogP contribution < -0.4 is 0 Å². The molecule has 0 aliphatic rings. The quantitative estimate of drug-likeness (QED) is 0.435. The van der Waals surface area contributed by atoms with Gasteiger partial charge in [0.25, 0.3) is 0 Å². The molecule has 0 aliphatic carbocycles. The molecule has 0 aliphatic heterocycles. The van der Waals surface area contributed by atoms with Crippen LogP contribution in [0.5, 0.6) is 0 Å². The van der Waals surface area contributed by atoms with Crippen LogP contribution in [0.1, 0.15) is 20.8 Å². The third-order valence-corrected chi connectivity index (χ3v) is 1.83. The van der Waals surface area contributed by atoms with Crippen molar-refractivity contribution >= 4 is 6.16 Å². The smallest absolute Gasteiger partial charge is 0.450 e. The van der Waals surface area contributed by atoms with E-state index in [2.05, 4.69) is 4.74 Å². The van der Waals surface area contributed by atoms with E-state index in [0.717, 1.165) is 0 Å². The topological polar surface area (TPSA) is 87.0 Å². The molecule has 12 heavy (non-hydrogen) atoms. The second kappa shape index (κ2) is 3.73. The van der Waals surface area contributed by atoms with Crippen LogP contribution in [0.25, 0.3) is 0 Å². The fraction of sp³-hybridized carbons (Fsp3) is 0.857. The molecular formula is C7H14O5. The van der Waals surface area contributed by atoms with Gasteiger partial charge in [-0.05, 0) is 5.92 Å². The van der Waals surface area contributed by atoms with Crippen LogP contribution in [0, 0.1) is 11.8 Å². The molecule has 0 fully saturated rings. The Bertz CT molecular complexity index is 163. The predicted octanol–water partition coefficient (Wildman–Crippen LogP) is 0.611. The van der Waals surface area contributed by atoms with Gasteiger partial charge in [-0.15, -0.1) is 0 Å². The van der Waals surface area contributed by atoms with Gasteiger partial charge in [-0.25, -0.2) is 4.79 Å². The molecule has 1 atom stereocenters. The van der Waals surface area contributed by atoms with Gasteiger partial charge >= 0.3 is 12.1 Å². The van der Waals surface area contributed by atoms with Gasteiger partial charge in [0, 0.05) is 0 Å². The van der Waals surface area contributed by atoms with E-state index >= 15 is 0 Å². The molecule has 0 amide bonds. The summed E-state index contributed by atoms with van der Waals surface area (Å²) in [4.78, 5) is 10.00. The second-order valence-corrected chi connectivity index (χ2v) is 3.06. The van der Waals surface area contributed by atoms with Crippen molar-refractivity contribution in [2.24, 2.45) is 11.8 Å². The molecule has 0 saturated heterocycles. The average Bonchev–Trinajstić information content (AvgIpc) is 1.82. The van der Waals surface area contributed by atoms with E-state index in [-0.39, 0.29) is 5.92 Å². The highest BCUT2D eigenvalue weighted by molar-refractivity contribution is 5.57. The van der Waals surface area contributed by atoms with Crippen molar-refractivity contribution in [1.82, 2.24) is 0 Å². The van der Waals surface area contributed by atoms with Gasteiger partial charge in [-0.2, -0.15) is 0 Å². The summed E-state index contributed by atoms with van der Waals surface area (Å²) in [5.41, 5.74) is 0. The molecule has 5 nitrogen and oxygen atoms in total. The lowest BCUT2D eigenvalue weighted by molar-refractivity contribution is -0.344. The standard InChI is InChI=1S/C7H14O5/c1-4(2)5(3)7(10,11)12-6(8)9/h4-5,10-11H,1-3H3,(H,8,9). The largest absolute Gasteiger partial charge is 0.510 e. The molecule has 0 rings (SSSR count). The summed E-state index contributed by atoms with van der Waals surface area (Å²) in [6.07, 6.45) is -1.70. The molecule has 0 aromatic rings. The normalized spacial score (nSPS) is 14.5. The van der Waals surface area contributed by atoms with Crippen molar-refractivity contribution < 1.29 is 24.9 Å². The molecule has 0 saturated carbocycles. The lowest BCUT2D eigenvalue weighted by atomic mass is 9.96. The molecular weight excluding hydrogens is 164 g/mol. The van der Waals surface area contributed by atoms with Crippen molar-refractivity contribution in [3.8, 4) is 0 Å². The van der Waals surface area contributed by atoms with Crippen molar-refractivity contribution in [3.63, 3.8) is 0 Å². The SMILES string of the molecule is CC(C)C(C)C(O)(O)OC(=O)O. The first kappa shape index (κ1) is 11.2. The van der Waals surface area contributed by atoms with Crippen LogP contribution in [0.15, 0.2) is 0 Å². The number of hydrogen-bond acceptors (Lipinski definition) is 4. The minimum atomic E-state index is -2.60. The molecule has 0 radical (unpaired) electrons. The number of rotatable bonds is 3. The van der Waals surface area contributed by atoms with Crippen LogP contribution in [0.3, 0.4) is 0 Å². The Kier molecular flexibility index (Phi) is 3.48. The molecule has 72 valence electrons. The van der Waals surface area contributed by atoms with Gasteiger partial charge in [0.1, 0.15) is 0 Å². The molecule has 0 bridgehead atoms. The van der Waals surface area contributed by atoms with E-state index in [1.807, 2.05) is 0 Å². The Morgan fingerprint density at radius 2 is 1.75 bits per heavy atom. The minimum Gasteiger partial charge on any atom is -0.450 e. The summed E-state index contributed by atoms with van der Waals surface area (Å²) in [5, 5.41) is 26.3. The van der Waals surface area contributed by atoms with Gasteiger partial charge < -0.3 is 20.1 Å². The van der Waals surface area contributed by atoms with Crippen LogP contribution in [-0.4, -0.2) is 27.4 Å². The van der Waals surface area contributed by atoms with Crippen LogP contribution in [0.4, 0.5) is 4.79 Å². The lowest BCUT2D eigenvalue weighted by Gasteiger charge is -2.28. The van der Waals surface area contributed by atoms with E-state index in [4.69, 9.17) is 15.3 Å². The Labute approximate surface area is 70.6 Å². The van der Waals surface area contributed by atoms with Gasteiger partial charge in [-0.1, -0.05) is 20.8 Å². The molecule has 5 heteroatoms. The van der Waals surface area contributed by atoms with Crippen molar-refractivity contribution in [1.29, 1.82) is 0 Å². The average molecular weight is 178 g/mol. The summed E-state index contributed by atoms with van der Waals surface area (Å²) in [6, 6.07) is 0. The highest BCUT2D eigenvalue weighted by Gasteiger charge is 2.37. The molecule has 1 unspecified atom stereocenters. The van der Waals surface area contributed by atoms with E-state index in [0.29, 0.717) is 0 Å². The Morgan fingerprint density at radius 1 is 1.33 bits per heavy atom. The maximum Gasteiger partial charge on any atom is 0.510 e. The molecule has 0 heterocycles. The zero-order valence-corrected chi connectivity index (χ0v) is 7.31. The fourth-order valence-electron chi connectivity index (χ4n) is 0.656. The van der Waals surface area contributed by atoms with Gasteiger partial charge in [0.2, 0.25) is 0 Å². The Morgan fingerprint density at radius 3 is 2.00 bits per heavy atom. The monoisotopic (exact) mass is 178 g/mol. The van der Waals surface area contributed by atoms with Gasteiger partial charge in [0.15, 0.2) is 0 Å². The number of ether oxygens (including phenoxy) is 1. The van der Waals surface area contributed by atoms with E-state index < -0.39 is 18.0 Å². The van der Waals surface area contributed by atoms with Crippen molar-refractivity contribution in [2.75, 3.05) is 0 Å². The zero-order valence-electron chi connectivity index (χ0n) is 7.31. The van der Waals surface area contributed by atoms with E-state index in [1.165, 1.54) is 6.92 Å². The van der Waals surface area contributed by atoms with Gasteiger partial charge in [-0.3, -0.25) is 0 Å². The first-order valence-electron chi connectivity index (χ1n) is 3.64. The summed E-state index contributed by atoms with van der Waals surface area (Å²) >= 11 is 0. The lowest BCUT2D eigenvalue weighted by Crippen LogP contribution is -2.43. The number of carbonyl (C=O) groups is 1. The number of hydrogen-bond donors (Lipinski definition) is 3. The molecule has 0 spiro atoms. The summed E-state index contributed by atoms with van der Waals surface area (Å²) < 4.78 is 3.89. The predicted molar refractivity (Wildman–Crippen MR) is 40.3 cm³/mol. The van der Waals surface area contributed by atoms with Crippen LogP contribution in [0.2, 0.25) is 0 Å². The Balaban J connectivity index is 4.28. The van der Waals surface area contributed by atoms with Crippen LogP contribution >= 0.6 is 0 Å². The first-order valence-corrected chi connectivity index (χ1v) is 3.64. The molecule has 0 aromatic heterocycles. The van der Waals surface area contributed by atoms with Crippen molar-refractivity contribution in [2.45, 2.75) is 26.7 Å². The number of carboxylic acid groups (broad SMARTS) is 1. The summed E-state index contributed by atoms with van der Waals surface area (Å²) in [7, 11) is 0. The highest BCUT2D eigenvalue weighted by atomic mass is 16.8. The molecule has 0 aromatic carbocycles. The summed E-state index contributed by atoms with van der Waals surface area (Å²) in [5.74, 6) is -3.35. The fourth-order valence-corrected chi connectivity index (χ4v) is 0.656. The van der Waals surface area contributed by atoms with Crippen molar-refractivity contribution in [3.05, 3.63) is 0 Å². The first-order chi connectivity index (χ1) is 5.27. The zero-order chi connectivity index (χ0) is 9.94. The second-order valence-electron chi connectivity index (χ2n) is 3.06. The Hall–Kier alpha value is -0.810. The van der Waals surface area contributed by atoms with Crippen LogP contribution in [-0.2, 0) is 4.74 Å². The number of aliphatic hydroxyl groups is 2. The third kappa shape index (κ3) is 3.06.